The van der Waals surface area contributed by atoms with Crippen molar-refractivity contribution in [3.8, 4) is 5.88 Å². The molecule has 1 aliphatic rings. The Morgan fingerprint density at radius 2 is 2.05 bits per heavy atom. The average molecular weight is 315 g/mol. The highest BCUT2D eigenvalue weighted by Crippen LogP contribution is 2.14. The van der Waals surface area contributed by atoms with Gasteiger partial charge < -0.3 is 9.47 Å². The minimum absolute atomic E-state index is 0.104. The Balaban J connectivity index is 1.97. The van der Waals surface area contributed by atoms with Gasteiger partial charge in [-0.15, -0.1) is 0 Å². The Bertz CT molecular complexity index is 551. The predicted molar refractivity (Wildman–Crippen MR) is 78.1 cm³/mol. The van der Waals surface area contributed by atoms with E-state index in [1.165, 1.54) is 11.4 Å². The van der Waals surface area contributed by atoms with Crippen LogP contribution in [0.1, 0.15) is 19.4 Å². The standard InChI is InChI=1S/C13H21N3O4S/c1-10-8-16(9-11(2)20-10)21(17,18)15-7-12-4-5-13(19-3)14-6-12/h4-6,10-11,15H,7-9H2,1-3H3. The van der Waals surface area contributed by atoms with E-state index in [-0.39, 0.29) is 18.8 Å². The van der Waals surface area contributed by atoms with E-state index in [2.05, 4.69) is 9.71 Å². The van der Waals surface area contributed by atoms with Crippen LogP contribution in [0.5, 0.6) is 5.88 Å². The number of methoxy groups -OCH3 is 1. The van der Waals surface area contributed by atoms with E-state index in [1.807, 2.05) is 13.8 Å². The van der Waals surface area contributed by atoms with Gasteiger partial charge in [-0.25, -0.2) is 4.98 Å². The number of morpholine rings is 1. The van der Waals surface area contributed by atoms with Gasteiger partial charge in [-0.2, -0.15) is 17.4 Å². The number of pyridine rings is 1. The Morgan fingerprint density at radius 1 is 1.38 bits per heavy atom. The van der Waals surface area contributed by atoms with E-state index in [1.54, 1.807) is 18.3 Å². The maximum atomic E-state index is 12.3. The molecule has 1 aromatic rings. The number of nitrogens with zero attached hydrogens (tertiary/aromatic N) is 2. The first-order chi connectivity index (χ1) is 9.90. The molecule has 8 heteroatoms. The lowest BCUT2D eigenvalue weighted by molar-refractivity contribution is -0.0444. The number of hydrogen-bond acceptors (Lipinski definition) is 5. The third-order valence-corrected chi connectivity index (χ3v) is 4.68. The molecule has 2 atom stereocenters. The van der Waals surface area contributed by atoms with Crippen LogP contribution in [-0.4, -0.2) is 50.1 Å². The summed E-state index contributed by atoms with van der Waals surface area (Å²) in [7, 11) is -1.99. The van der Waals surface area contributed by atoms with Gasteiger partial charge in [0.25, 0.3) is 10.2 Å². The van der Waals surface area contributed by atoms with Gasteiger partial charge in [-0.3, -0.25) is 0 Å². The molecule has 0 spiro atoms. The van der Waals surface area contributed by atoms with Crippen molar-refractivity contribution in [1.29, 1.82) is 0 Å². The number of rotatable bonds is 5. The number of hydrogen-bond donors (Lipinski definition) is 1. The Hall–Kier alpha value is -1.22. The molecule has 2 heterocycles. The normalized spacial score (nSPS) is 24.0. The molecule has 21 heavy (non-hydrogen) atoms. The van der Waals surface area contributed by atoms with Gasteiger partial charge in [0.15, 0.2) is 0 Å². The lowest BCUT2D eigenvalue weighted by Gasteiger charge is -2.34. The summed E-state index contributed by atoms with van der Waals surface area (Å²) in [4.78, 5) is 4.04. The zero-order chi connectivity index (χ0) is 15.5. The Labute approximate surface area is 125 Å². The minimum Gasteiger partial charge on any atom is -0.481 e. The molecule has 0 amide bonds. The van der Waals surface area contributed by atoms with Crippen molar-refractivity contribution in [3.63, 3.8) is 0 Å². The van der Waals surface area contributed by atoms with Crippen LogP contribution in [0.3, 0.4) is 0 Å². The summed E-state index contributed by atoms with van der Waals surface area (Å²) in [6.45, 7) is 4.65. The highest BCUT2D eigenvalue weighted by molar-refractivity contribution is 7.87. The highest BCUT2D eigenvalue weighted by Gasteiger charge is 2.30. The fourth-order valence-electron chi connectivity index (χ4n) is 2.23. The van der Waals surface area contributed by atoms with Gasteiger partial charge in [-0.1, -0.05) is 6.07 Å². The molecule has 2 rings (SSSR count). The van der Waals surface area contributed by atoms with Crippen molar-refractivity contribution < 1.29 is 17.9 Å². The van der Waals surface area contributed by atoms with Gasteiger partial charge in [0.05, 0.1) is 19.3 Å². The molecule has 1 fully saturated rings. The van der Waals surface area contributed by atoms with E-state index in [0.29, 0.717) is 19.0 Å². The summed E-state index contributed by atoms with van der Waals surface area (Å²) < 4.78 is 39.1. The van der Waals surface area contributed by atoms with Gasteiger partial charge in [-0.05, 0) is 19.4 Å². The van der Waals surface area contributed by atoms with Gasteiger partial charge in [0.1, 0.15) is 0 Å². The molecular weight excluding hydrogens is 294 g/mol. The lowest BCUT2D eigenvalue weighted by atomic mass is 10.3. The van der Waals surface area contributed by atoms with E-state index in [0.717, 1.165) is 5.56 Å². The summed E-state index contributed by atoms with van der Waals surface area (Å²) >= 11 is 0. The van der Waals surface area contributed by atoms with Gasteiger partial charge >= 0.3 is 0 Å². The zero-order valence-electron chi connectivity index (χ0n) is 12.4. The highest BCUT2D eigenvalue weighted by atomic mass is 32.2. The summed E-state index contributed by atoms with van der Waals surface area (Å²) in [5, 5.41) is 0. The van der Waals surface area contributed by atoms with Crippen LogP contribution in [0.15, 0.2) is 18.3 Å². The molecule has 0 aromatic carbocycles. The van der Waals surface area contributed by atoms with E-state index < -0.39 is 10.2 Å². The Kier molecular flexibility index (Phi) is 5.15. The number of ether oxygens (including phenoxy) is 2. The maximum absolute atomic E-state index is 12.3. The molecule has 1 aromatic heterocycles. The second-order valence-corrected chi connectivity index (χ2v) is 6.86. The fourth-order valence-corrected chi connectivity index (χ4v) is 3.57. The molecule has 0 bridgehead atoms. The van der Waals surface area contributed by atoms with Crippen LogP contribution >= 0.6 is 0 Å². The molecule has 0 radical (unpaired) electrons. The molecule has 1 N–H and O–H groups in total. The van der Waals surface area contributed by atoms with Crippen LogP contribution in [0, 0.1) is 0 Å². The Morgan fingerprint density at radius 3 is 2.57 bits per heavy atom. The third-order valence-electron chi connectivity index (χ3n) is 3.19. The molecular formula is C13H21N3O4S. The van der Waals surface area contributed by atoms with Crippen molar-refractivity contribution in [3.05, 3.63) is 23.9 Å². The first kappa shape index (κ1) is 16.2. The van der Waals surface area contributed by atoms with Gasteiger partial charge in [0, 0.05) is 31.9 Å². The molecule has 0 saturated carbocycles. The van der Waals surface area contributed by atoms with Crippen LogP contribution in [-0.2, 0) is 21.5 Å². The molecule has 2 unspecified atom stereocenters. The number of aromatic nitrogens is 1. The second-order valence-electron chi connectivity index (χ2n) is 5.11. The molecule has 0 aliphatic carbocycles. The van der Waals surface area contributed by atoms with Crippen molar-refractivity contribution in [2.24, 2.45) is 0 Å². The minimum atomic E-state index is -3.52. The van der Waals surface area contributed by atoms with Crippen LogP contribution in [0.4, 0.5) is 0 Å². The molecule has 118 valence electrons. The first-order valence-corrected chi connectivity index (χ1v) is 8.24. The summed E-state index contributed by atoms with van der Waals surface area (Å²) in [5.74, 6) is 0.498. The average Bonchev–Trinajstić information content (AvgIpc) is 2.45. The number of nitrogens with one attached hydrogen (secondary N) is 1. The predicted octanol–water partition coefficient (Wildman–Crippen LogP) is 0.534. The van der Waals surface area contributed by atoms with E-state index >= 15 is 0 Å². The van der Waals surface area contributed by atoms with Crippen LogP contribution < -0.4 is 9.46 Å². The van der Waals surface area contributed by atoms with E-state index in [4.69, 9.17) is 9.47 Å². The zero-order valence-corrected chi connectivity index (χ0v) is 13.3. The van der Waals surface area contributed by atoms with Crippen molar-refractivity contribution in [1.82, 2.24) is 14.0 Å². The first-order valence-electron chi connectivity index (χ1n) is 6.80. The summed E-state index contributed by atoms with van der Waals surface area (Å²) in [6.07, 6.45) is 1.38. The van der Waals surface area contributed by atoms with Crippen molar-refractivity contribution >= 4 is 10.2 Å². The van der Waals surface area contributed by atoms with Crippen molar-refractivity contribution in [2.75, 3.05) is 20.2 Å². The topological polar surface area (TPSA) is 80.8 Å². The lowest BCUT2D eigenvalue weighted by Crippen LogP contribution is -2.51. The smallest absolute Gasteiger partial charge is 0.279 e. The summed E-state index contributed by atoms with van der Waals surface area (Å²) in [6, 6.07) is 3.47. The SMILES string of the molecule is COc1ccc(CNS(=O)(=O)N2CC(C)OC(C)C2)cn1. The molecule has 1 aliphatic heterocycles. The quantitative estimate of drug-likeness (QED) is 0.857. The summed E-state index contributed by atoms with van der Waals surface area (Å²) in [5.41, 5.74) is 0.772. The molecule has 1 saturated heterocycles. The van der Waals surface area contributed by atoms with E-state index in [9.17, 15) is 8.42 Å². The maximum Gasteiger partial charge on any atom is 0.279 e. The largest absolute Gasteiger partial charge is 0.481 e. The molecule has 7 nitrogen and oxygen atoms in total. The van der Waals surface area contributed by atoms with Crippen molar-refractivity contribution in [2.45, 2.75) is 32.6 Å². The van der Waals surface area contributed by atoms with Gasteiger partial charge in [0.2, 0.25) is 5.88 Å². The van der Waals surface area contributed by atoms with Crippen LogP contribution in [0.2, 0.25) is 0 Å². The third kappa shape index (κ3) is 4.37. The monoisotopic (exact) mass is 315 g/mol. The fraction of sp³-hybridized carbons (Fsp3) is 0.615. The second kappa shape index (κ2) is 6.69. The van der Waals surface area contributed by atoms with Crippen LogP contribution in [0.25, 0.3) is 0 Å².